The summed E-state index contributed by atoms with van der Waals surface area (Å²) >= 11 is 0. The van der Waals surface area contributed by atoms with E-state index in [1.54, 1.807) is 30.3 Å². The second-order valence-corrected chi connectivity index (χ2v) is 7.97. The summed E-state index contributed by atoms with van der Waals surface area (Å²) in [6.07, 6.45) is 4.21. The fraction of sp³-hybridized carbons (Fsp3) is 0.429. The number of methoxy groups -OCH3 is 6. The molecule has 0 aliphatic heterocycles. The van der Waals surface area contributed by atoms with E-state index in [4.69, 9.17) is 37.9 Å². The van der Waals surface area contributed by atoms with Gasteiger partial charge in [-0.25, -0.2) is 9.59 Å². The van der Waals surface area contributed by atoms with Crippen LogP contribution in [0, 0.1) is 0 Å². The molecule has 2 rings (SSSR count). The molecular weight excluding hydrogens is 510 g/mol. The van der Waals surface area contributed by atoms with Crippen molar-refractivity contribution in [2.45, 2.75) is 12.8 Å². The maximum absolute atomic E-state index is 12.4. The molecule has 11 nitrogen and oxygen atoms in total. The third-order valence-corrected chi connectivity index (χ3v) is 5.47. The summed E-state index contributed by atoms with van der Waals surface area (Å²) in [5.74, 6) is 1.68. The maximum atomic E-state index is 12.4. The molecule has 0 fully saturated rings. The van der Waals surface area contributed by atoms with Crippen molar-refractivity contribution in [3.8, 4) is 34.5 Å². The predicted molar refractivity (Wildman–Crippen MR) is 145 cm³/mol. The number of carbonyl (C=O) groups excluding carboxylic acids is 2. The third kappa shape index (κ3) is 9.29. The molecule has 1 N–H and O–H groups in total. The number of esters is 2. The summed E-state index contributed by atoms with van der Waals surface area (Å²) in [4.78, 5) is 24.4. The zero-order valence-corrected chi connectivity index (χ0v) is 23.3. The van der Waals surface area contributed by atoms with Crippen LogP contribution in [-0.2, 0) is 14.3 Å². The molecular formula is C28H37NO10. The Morgan fingerprint density at radius 1 is 0.667 bits per heavy atom. The van der Waals surface area contributed by atoms with Crippen LogP contribution in [0.3, 0.4) is 0 Å². The SMILES string of the molecule is COc1cc(/C=C/C(=O)OCCCNCCCOC(=O)c2cc(OC)c(OC)c(OC)c2)cc(OC)c1OC. The fourth-order valence-electron chi connectivity index (χ4n) is 3.55. The number of ether oxygens (including phenoxy) is 8. The Morgan fingerprint density at radius 3 is 1.59 bits per heavy atom. The number of rotatable bonds is 17. The first-order valence-corrected chi connectivity index (χ1v) is 12.2. The molecule has 0 radical (unpaired) electrons. The number of carbonyl (C=O) groups is 2. The van der Waals surface area contributed by atoms with Gasteiger partial charge in [-0.15, -0.1) is 0 Å². The van der Waals surface area contributed by atoms with Crippen LogP contribution in [0.2, 0.25) is 0 Å². The zero-order chi connectivity index (χ0) is 28.6. The summed E-state index contributed by atoms with van der Waals surface area (Å²) in [6.45, 7) is 1.78. The van der Waals surface area contributed by atoms with Gasteiger partial charge >= 0.3 is 11.9 Å². The molecule has 39 heavy (non-hydrogen) atoms. The van der Waals surface area contributed by atoms with E-state index in [1.165, 1.54) is 48.7 Å². The Morgan fingerprint density at radius 2 is 1.13 bits per heavy atom. The van der Waals surface area contributed by atoms with E-state index in [-0.39, 0.29) is 13.2 Å². The molecule has 0 heterocycles. The van der Waals surface area contributed by atoms with Crippen molar-refractivity contribution < 1.29 is 47.5 Å². The monoisotopic (exact) mass is 547 g/mol. The van der Waals surface area contributed by atoms with E-state index in [0.717, 1.165) is 0 Å². The van der Waals surface area contributed by atoms with Gasteiger partial charge in [0.05, 0.1) is 61.4 Å². The summed E-state index contributed by atoms with van der Waals surface area (Å²) in [7, 11) is 9.03. The lowest BCUT2D eigenvalue weighted by Gasteiger charge is -2.13. The number of hydrogen-bond acceptors (Lipinski definition) is 11. The average molecular weight is 548 g/mol. The van der Waals surface area contributed by atoms with Crippen LogP contribution >= 0.6 is 0 Å². The highest BCUT2D eigenvalue weighted by Crippen LogP contribution is 2.39. The molecule has 0 aliphatic rings. The molecule has 0 atom stereocenters. The quantitative estimate of drug-likeness (QED) is 0.178. The Labute approximate surface area is 228 Å². The van der Waals surface area contributed by atoms with E-state index in [0.29, 0.717) is 71.6 Å². The maximum Gasteiger partial charge on any atom is 0.338 e. The van der Waals surface area contributed by atoms with Gasteiger partial charge in [-0.2, -0.15) is 0 Å². The Hall–Kier alpha value is -4.12. The van der Waals surface area contributed by atoms with Crippen LogP contribution in [0.15, 0.2) is 30.3 Å². The van der Waals surface area contributed by atoms with Crippen molar-refractivity contribution in [1.29, 1.82) is 0 Å². The fourth-order valence-corrected chi connectivity index (χ4v) is 3.55. The standard InChI is InChI=1S/C28H37NO10/c1-32-21-15-19(16-22(33-2)26(21)36-5)9-10-25(30)38-13-7-11-29-12-8-14-39-28(31)20-17-23(34-3)27(37-6)24(18-20)35-4/h9-10,15-18,29H,7-8,11-14H2,1-6H3/b10-9+. The molecule has 0 bridgehead atoms. The highest BCUT2D eigenvalue weighted by Gasteiger charge is 2.18. The van der Waals surface area contributed by atoms with Crippen molar-refractivity contribution in [2.75, 3.05) is 69.0 Å². The van der Waals surface area contributed by atoms with Gasteiger partial charge in [-0.1, -0.05) is 0 Å². The van der Waals surface area contributed by atoms with E-state index in [2.05, 4.69) is 5.32 Å². The third-order valence-electron chi connectivity index (χ3n) is 5.47. The minimum absolute atomic E-state index is 0.239. The van der Waals surface area contributed by atoms with E-state index < -0.39 is 11.9 Å². The summed E-state index contributed by atoms with van der Waals surface area (Å²) in [5, 5.41) is 3.22. The number of hydrogen-bond donors (Lipinski definition) is 1. The molecule has 2 aromatic rings. The van der Waals surface area contributed by atoms with Crippen LogP contribution in [0.1, 0.15) is 28.8 Å². The highest BCUT2D eigenvalue weighted by atomic mass is 16.5. The molecule has 0 saturated heterocycles. The second kappa shape index (κ2) is 16.7. The minimum Gasteiger partial charge on any atom is -0.493 e. The predicted octanol–water partition coefficient (Wildman–Crippen LogP) is 3.52. The second-order valence-electron chi connectivity index (χ2n) is 7.97. The first-order chi connectivity index (χ1) is 18.9. The Bertz CT molecular complexity index is 1070. The van der Waals surface area contributed by atoms with Gasteiger partial charge < -0.3 is 43.2 Å². The van der Waals surface area contributed by atoms with Crippen molar-refractivity contribution in [3.05, 3.63) is 41.5 Å². The Balaban J connectivity index is 1.65. The van der Waals surface area contributed by atoms with Gasteiger partial charge in [0, 0.05) is 6.08 Å². The van der Waals surface area contributed by atoms with Crippen molar-refractivity contribution >= 4 is 18.0 Å². The first kappa shape index (κ1) is 31.1. The van der Waals surface area contributed by atoms with Crippen molar-refractivity contribution in [1.82, 2.24) is 5.32 Å². The largest absolute Gasteiger partial charge is 0.493 e. The van der Waals surface area contributed by atoms with Gasteiger partial charge in [-0.3, -0.25) is 0 Å². The van der Waals surface area contributed by atoms with Gasteiger partial charge in [0.2, 0.25) is 11.5 Å². The summed E-state index contributed by atoms with van der Waals surface area (Å²) < 4.78 is 42.3. The van der Waals surface area contributed by atoms with Crippen LogP contribution in [0.4, 0.5) is 0 Å². The van der Waals surface area contributed by atoms with Crippen molar-refractivity contribution in [2.24, 2.45) is 0 Å². The smallest absolute Gasteiger partial charge is 0.338 e. The number of nitrogens with one attached hydrogen (secondary N) is 1. The van der Waals surface area contributed by atoms with Gasteiger partial charge in [0.25, 0.3) is 0 Å². The van der Waals surface area contributed by atoms with Crippen LogP contribution in [0.5, 0.6) is 34.5 Å². The minimum atomic E-state index is -0.485. The van der Waals surface area contributed by atoms with Gasteiger partial charge in [0.15, 0.2) is 23.0 Å². The van der Waals surface area contributed by atoms with Crippen LogP contribution in [0.25, 0.3) is 6.08 Å². The molecule has 0 aromatic heterocycles. The van der Waals surface area contributed by atoms with E-state index >= 15 is 0 Å². The zero-order valence-electron chi connectivity index (χ0n) is 23.3. The average Bonchev–Trinajstić information content (AvgIpc) is 2.97. The molecule has 2 aromatic carbocycles. The van der Waals surface area contributed by atoms with Crippen LogP contribution < -0.4 is 33.7 Å². The molecule has 11 heteroatoms. The van der Waals surface area contributed by atoms with Crippen molar-refractivity contribution in [3.63, 3.8) is 0 Å². The molecule has 0 aliphatic carbocycles. The summed E-state index contributed by atoms with van der Waals surface area (Å²) in [6, 6.07) is 6.56. The molecule has 0 saturated carbocycles. The van der Waals surface area contributed by atoms with E-state index in [9.17, 15) is 9.59 Å². The first-order valence-electron chi connectivity index (χ1n) is 12.2. The molecule has 0 spiro atoms. The highest BCUT2D eigenvalue weighted by molar-refractivity contribution is 5.91. The normalized spacial score (nSPS) is 10.6. The summed E-state index contributed by atoms with van der Waals surface area (Å²) in [5.41, 5.74) is 1.01. The molecule has 214 valence electrons. The molecule has 0 unspecified atom stereocenters. The lowest BCUT2D eigenvalue weighted by molar-refractivity contribution is -0.137. The Kier molecular flexibility index (Phi) is 13.3. The lowest BCUT2D eigenvalue weighted by Crippen LogP contribution is -2.20. The number of benzene rings is 2. The lowest BCUT2D eigenvalue weighted by atomic mass is 10.1. The van der Waals surface area contributed by atoms with Gasteiger partial charge in [0.1, 0.15) is 0 Å². The van der Waals surface area contributed by atoms with E-state index in [1.807, 2.05) is 0 Å². The molecule has 0 amide bonds. The van der Waals surface area contributed by atoms with Crippen LogP contribution in [-0.4, -0.2) is 80.9 Å². The van der Waals surface area contributed by atoms with Gasteiger partial charge in [-0.05, 0) is 61.8 Å². The topological polar surface area (TPSA) is 120 Å².